The van der Waals surface area contributed by atoms with Gasteiger partial charge in [0, 0.05) is 18.9 Å². The highest BCUT2D eigenvalue weighted by molar-refractivity contribution is 6.03. The van der Waals surface area contributed by atoms with E-state index in [4.69, 9.17) is 0 Å². The highest BCUT2D eigenvalue weighted by Gasteiger charge is 2.29. The van der Waals surface area contributed by atoms with Crippen molar-refractivity contribution in [1.29, 1.82) is 0 Å². The summed E-state index contributed by atoms with van der Waals surface area (Å²) in [6.07, 6.45) is -3.26. The second-order valence-electron chi connectivity index (χ2n) is 4.52. The van der Waals surface area contributed by atoms with E-state index in [0.29, 0.717) is 10.5 Å². The third-order valence-electron chi connectivity index (χ3n) is 2.72. The Kier molecular flexibility index (Phi) is 3.97. The molecule has 0 bridgehead atoms. The fourth-order valence-electron chi connectivity index (χ4n) is 1.74. The van der Waals surface area contributed by atoms with Crippen molar-refractivity contribution in [3.63, 3.8) is 0 Å². The van der Waals surface area contributed by atoms with Crippen LogP contribution in [0.1, 0.15) is 16.2 Å². The summed E-state index contributed by atoms with van der Waals surface area (Å²) < 4.78 is 37.4. The van der Waals surface area contributed by atoms with Crippen LogP contribution in [0, 0.1) is 6.92 Å². The SMILES string of the molecule is Cc1cccc(N(C)C(=O)c2ccn(CC(F)(F)F)n2)n1. The first-order chi connectivity index (χ1) is 9.76. The number of aryl methyl sites for hydroxylation is 1. The van der Waals surface area contributed by atoms with Crippen LogP contribution in [0.3, 0.4) is 0 Å². The lowest BCUT2D eigenvalue weighted by molar-refractivity contribution is -0.142. The van der Waals surface area contributed by atoms with Gasteiger partial charge in [-0.05, 0) is 25.1 Å². The second kappa shape index (κ2) is 5.55. The summed E-state index contributed by atoms with van der Waals surface area (Å²) in [5.41, 5.74) is 0.666. The van der Waals surface area contributed by atoms with Crippen molar-refractivity contribution in [2.75, 3.05) is 11.9 Å². The summed E-state index contributed by atoms with van der Waals surface area (Å²) in [5.74, 6) is -0.112. The molecule has 0 N–H and O–H groups in total. The van der Waals surface area contributed by atoms with Crippen molar-refractivity contribution in [3.05, 3.63) is 41.9 Å². The van der Waals surface area contributed by atoms with Crippen molar-refractivity contribution in [2.24, 2.45) is 0 Å². The third-order valence-corrected chi connectivity index (χ3v) is 2.72. The molecule has 0 fully saturated rings. The number of amides is 1. The highest BCUT2D eigenvalue weighted by Crippen LogP contribution is 2.17. The predicted octanol–water partition coefficient (Wildman–Crippen LogP) is 2.43. The fraction of sp³-hybridized carbons (Fsp3) is 0.308. The number of carbonyl (C=O) groups excluding carboxylic acids is 1. The Morgan fingerprint density at radius 1 is 1.33 bits per heavy atom. The molecule has 5 nitrogen and oxygen atoms in total. The molecule has 8 heteroatoms. The van der Waals surface area contributed by atoms with E-state index in [-0.39, 0.29) is 5.69 Å². The van der Waals surface area contributed by atoms with Crippen LogP contribution in [0.2, 0.25) is 0 Å². The monoisotopic (exact) mass is 298 g/mol. The molecular formula is C13H13F3N4O. The number of carbonyl (C=O) groups is 1. The van der Waals surface area contributed by atoms with E-state index in [0.717, 1.165) is 11.9 Å². The normalized spacial score (nSPS) is 11.5. The molecular weight excluding hydrogens is 285 g/mol. The van der Waals surface area contributed by atoms with Crippen molar-refractivity contribution in [1.82, 2.24) is 14.8 Å². The predicted molar refractivity (Wildman–Crippen MR) is 70.0 cm³/mol. The Hall–Kier alpha value is -2.38. The summed E-state index contributed by atoms with van der Waals surface area (Å²) in [6, 6.07) is 6.40. The van der Waals surface area contributed by atoms with E-state index < -0.39 is 18.6 Å². The lowest BCUT2D eigenvalue weighted by atomic mass is 10.3. The van der Waals surface area contributed by atoms with E-state index in [1.165, 1.54) is 18.0 Å². The largest absolute Gasteiger partial charge is 0.408 e. The van der Waals surface area contributed by atoms with Gasteiger partial charge in [-0.2, -0.15) is 18.3 Å². The van der Waals surface area contributed by atoms with Crippen LogP contribution in [-0.4, -0.2) is 33.9 Å². The lowest BCUT2D eigenvalue weighted by Gasteiger charge is -2.15. The van der Waals surface area contributed by atoms with Gasteiger partial charge < -0.3 is 0 Å². The Balaban J connectivity index is 2.16. The van der Waals surface area contributed by atoms with Gasteiger partial charge in [0.25, 0.3) is 5.91 Å². The first-order valence-electron chi connectivity index (χ1n) is 6.08. The minimum atomic E-state index is -4.38. The first-order valence-corrected chi connectivity index (χ1v) is 6.08. The molecule has 2 aromatic rings. The standard InChI is InChI=1S/C13H13F3N4O/c1-9-4-3-5-11(17-9)19(2)12(21)10-6-7-20(18-10)8-13(14,15)16/h3-7H,8H2,1-2H3. The number of halogens is 3. The van der Waals surface area contributed by atoms with Gasteiger partial charge in [-0.3, -0.25) is 14.4 Å². The quantitative estimate of drug-likeness (QED) is 0.874. The minimum absolute atomic E-state index is 0.0648. The Labute approximate surface area is 119 Å². The number of hydrogen-bond acceptors (Lipinski definition) is 3. The number of pyridine rings is 1. The summed E-state index contributed by atoms with van der Waals surface area (Å²) >= 11 is 0. The van der Waals surface area contributed by atoms with E-state index in [9.17, 15) is 18.0 Å². The summed E-state index contributed by atoms with van der Waals surface area (Å²) in [7, 11) is 1.49. The number of alkyl halides is 3. The van der Waals surface area contributed by atoms with E-state index in [2.05, 4.69) is 10.1 Å². The maximum atomic E-state index is 12.3. The molecule has 21 heavy (non-hydrogen) atoms. The van der Waals surface area contributed by atoms with Crippen molar-refractivity contribution < 1.29 is 18.0 Å². The van der Waals surface area contributed by atoms with Crippen molar-refractivity contribution >= 4 is 11.7 Å². The molecule has 112 valence electrons. The van der Waals surface area contributed by atoms with Crippen LogP contribution in [0.4, 0.5) is 19.0 Å². The van der Waals surface area contributed by atoms with Crippen LogP contribution in [0.25, 0.3) is 0 Å². The van der Waals surface area contributed by atoms with Crippen LogP contribution >= 0.6 is 0 Å². The topological polar surface area (TPSA) is 51.0 Å². The third kappa shape index (κ3) is 3.80. The minimum Gasteiger partial charge on any atom is -0.294 e. The second-order valence-corrected chi connectivity index (χ2v) is 4.52. The highest BCUT2D eigenvalue weighted by atomic mass is 19.4. The molecule has 0 spiro atoms. The summed E-state index contributed by atoms with van der Waals surface area (Å²) in [6.45, 7) is 0.548. The molecule has 0 atom stereocenters. The Morgan fingerprint density at radius 2 is 2.05 bits per heavy atom. The first kappa shape index (κ1) is 15.0. The zero-order valence-electron chi connectivity index (χ0n) is 11.4. The van der Waals surface area contributed by atoms with Crippen molar-refractivity contribution in [3.8, 4) is 0 Å². The van der Waals surface area contributed by atoms with Crippen LogP contribution in [0.15, 0.2) is 30.5 Å². The molecule has 0 unspecified atom stereocenters. The number of rotatable bonds is 3. The van der Waals surface area contributed by atoms with Crippen molar-refractivity contribution in [2.45, 2.75) is 19.6 Å². The van der Waals surface area contributed by atoms with Gasteiger partial charge in [0.15, 0.2) is 5.69 Å². The number of nitrogens with zero attached hydrogens (tertiary/aromatic N) is 4. The van der Waals surface area contributed by atoms with Gasteiger partial charge in [0.1, 0.15) is 12.4 Å². The molecule has 0 aliphatic heterocycles. The molecule has 0 aromatic carbocycles. The number of aromatic nitrogens is 3. The maximum Gasteiger partial charge on any atom is 0.408 e. The Bertz CT molecular complexity index is 651. The summed E-state index contributed by atoms with van der Waals surface area (Å²) in [4.78, 5) is 17.6. The molecule has 0 saturated carbocycles. The molecule has 0 aliphatic carbocycles. The lowest BCUT2D eigenvalue weighted by Crippen LogP contribution is -2.28. The molecule has 0 saturated heterocycles. The van der Waals surface area contributed by atoms with E-state index in [1.54, 1.807) is 25.1 Å². The zero-order valence-corrected chi connectivity index (χ0v) is 11.4. The zero-order chi connectivity index (χ0) is 15.6. The van der Waals surface area contributed by atoms with E-state index >= 15 is 0 Å². The van der Waals surface area contributed by atoms with E-state index in [1.807, 2.05) is 0 Å². The number of hydrogen-bond donors (Lipinski definition) is 0. The molecule has 2 heterocycles. The van der Waals surface area contributed by atoms with Gasteiger partial charge >= 0.3 is 6.18 Å². The van der Waals surface area contributed by atoms with Gasteiger partial charge in [0.05, 0.1) is 0 Å². The van der Waals surface area contributed by atoms with Crippen LogP contribution < -0.4 is 4.90 Å². The average Bonchev–Trinajstić information content (AvgIpc) is 2.83. The smallest absolute Gasteiger partial charge is 0.294 e. The molecule has 0 aliphatic rings. The number of anilines is 1. The molecule has 0 radical (unpaired) electrons. The summed E-state index contributed by atoms with van der Waals surface area (Å²) in [5, 5.41) is 3.64. The van der Waals surface area contributed by atoms with Crippen LogP contribution in [-0.2, 0) is 6.54 Å². The molecule has 2 aromatic heterocycles. The van der Waals surface area contributed by atoms with Gasteiger partial charge in [-0.1, -0.05) is 6.07 Å². The van der Waals surface area contributed by atoms with Gasteiger partial charge in [0.2, 0.25) is 0 Å². The fourth-order valence-corrected chi connectivity index (χ4v) is 1.74. The Morgan fingerprint density at radius 3 is 2.67 bits per heavy atom. The molecule has 2 rings (SSSR count). The van der Waals surface area contributed by atoms with Crippen LogP contribution in [0.5, 0.6) is 0 Å². The molecule has 1 amide bonds. The average molecular weight is 298 g/mol. The van der Waals surface area contributed by atoms with Gasteiger partial charge in [-0.25, -0.2) is 4.98 Å². The van der Waals surface area contributed by atoms with Gasteiger partial charge in [-0.15, -0.1) is 0 Å². The maximum absolute atomic E-state index is 12.3.